The van der Waals surface area contributed by atoms with E-state index < -0.39 is 165 Å². The maximum atomic E-state index is 14.3. The molecule has 5 aliphatic rings. The minimum atomic E-state index is -2.05. The fourth-order valence-electron chi connectivity index (χ4n) is 15.1. The molecule has 12 rings (SSSR count). The SMILES string of the molecule is CO[C@H]1O[C@H](COCc2ccccc2)[C@@H](O[C@@H]2O[C@@H](C(=O)[O-])[C@@H](O[C@H]3O[C@H](COCc4ccccc4)[C@@H](O[C@@H]4O[C@H](C(=O)[O-])[C@@H](O[C@H]5O[C@H](COCc6ccccc6)[C@@H](OC)[C@H](OC)[C@H]5OC)[C@H](OC)[C@H]4OC)[C@H](OCc4ccccc4)[C@H]3OCc3ccccc3)[C@H](OC)[C@H]2OC)[C@H](OCc2ccccc2)[C@H]1OCc1ccccc1.[Na+].[Na+]. The number of aliphatic carboxylic acids is 2. The van der Waals surface area contributed by atoms with Gasteiger partial charge in [-0.3, -0.25) is 0 Å². The van der Waals surface area contributed by atoms with Crippen molar-refractivity contribution >= 4 is 11.9 Å². The van der Waals surface area contributed by atoms with Gasteiger partial charge in [0.25, 0.3) is 0 Å². The van der Waals surface area contributed by atoms with Crippen LogP contribution in [0.5, 0.6) is 0 Å². The Morgan fingerprint density at radius 1 is 0.248 bits per heavy atom. The van der Waals surface area contributed by atoms with Crippen molar-refractivity contribution in [3.8, 4) is 0 Å². The number of carbonyl (C=O) groups is 2. The Kier molecular flexibility index (Phi) is 38.8. The topological polar surface area (TPSA) is 302 Å². The van der Waals surface area contributed by atoms with E-state index in [4.69, 9.17) is 114 Å². The van der Waals surface area contributed by atoms with Crippen molar-refractivity contribution in [2.45, 2.75) is 200 Å². The van der Waals surface area contributed by atoms with Crippen molar-refractivity contribution in [2.24, 2.45) is 0 Å². The molecule has 30 heteroatoms. The molecule has 5 aliphatic heterocycles. The third-order valence-electron chi connectivity index (χ3n) is 20.9. The van der Waals surface area contributed by atoms with E-state index in [1.54, 1.807) is 0 Å². The molecular formula is C87H104Na2O28. The predicted molar refractivity (Wildman–Crippen MR) is 404 cm³/mol. The molecule has 0 saturated carbocycles. The summed E-state index contributed by atoms with van der Waals surface area (Å²) in [4.78, 5) is 28.3. The molecule has 117 heavy (non-hydrogen) atoms. The summed E-state index contributed by atoms with van der Waals surface area (Å²) < 4.78 is 159. The van der Waals surface area contributed by atoms with Crippen LogP contribution in [0.25, 0.3) is 0 Å². The van der Waals surface area contributed by atoms with Crippen molar-refractivity contribution in [2.75, 3.05) is 76.7 Å². The fourth-order valence-corrected chi connectivity index (χ4v) is 15.1. The van der Waals surface area contributed by atoms with Crippen LogP contribution in [0.1, 0.15) is 38.9 Å². The number of benzene rings is 7. The second-order valence-corrected chi connectivity index (χ2v) is 28.2. The Labute approximate surface area is 727 Å². The van der Waals surface area contributed by atoms with Crippen LogP contribution < -0.4 is 69.3 Å². The van der Waals surface area contributed by atoms with E-state index in [1.165, 1.54) is 56.9 Å². The Balaban J connectivity index is 0.00000722. The monoisotopic (exact) mass is 1640 g/mol. The summed E-state index contributed by atoms with van der Waals surface area (Å²) in [6.45, 7) is 0.00311. The van der Waals surface area contributed by atoms with Gasteiger partial charge in [0, 0.05) is 56.9 Å². The first-order valence-corrected chi connectivity index (χ1v) is 38.4. The van der Waals surface area contributed by atoms with E-state index in [2.05, 4.69) is 0 Å². The van der Waals surface area contributed by atoms with E-state index in [1.807, 2.05) is 212 Å². The van der Waals surface area contributed by atoms with Crippen LogP contribution >= 0.6 is 0 Å². The molecule has 5 saturated heterocycles. The summed E-state index contributed by atoms with van der Waals surface area (Å²) >= 11 is 0. The minimum absolute atomic E-state index is 0. The van der Waals surface area contributed by atoms with Gasteiger partial charge in [0.1, 0.15) is 122 Å². The molecule has 7 aromatic carbocycles. The quantitative estimate of drug-likeness (QED) is 0.0468. The Morgan fingerprint density at radius 2 is 0.470 bits per heavy atom. The molecule has 622 valence electrons. The second kappa shape index (κ2) is 48.4. The number of carboxylic acid groups (broad SMARTS) is 2. The third kappa shape index (κ3) is 24.9. The largest absolute Gasteiger partial charge is 1.00 e. The Hall–Kier alpha value is -5.48. The van der Waals surface area contributed by atoms with Crippen LogP contribution in [0.3, 0.4) is 0 Å². The van der Waals surface area contributed by atoms with Crippen LogP contribution in [0, 0.1) is 0 Å². The van der Waals surface area contributed by atoms with E-state index >= 15 is 0 Å². The van der Waals surface area contributed by atoms with Crippen molar-refractivity contribution < 1.29 is 193 Å². The number of methoxy groups -OCH3 is 8. The summed E-state index contributed by atoms with van der Waals surface area (Å²) in [6, 6.07) is 66.1. The van der Waals surface area contributed by atoms with Crippen molar-refractivity contribution in [1.82, 2.24) is 0 Å². The standard InChI is InChI=1S/C87H106O28.2Na/c1-92-64-61(51-100-44-54-30-16-9-17-31-54)108-84(76(96-5)67(64)93-2)112-72-68(94-3)77(97-6)86(114-74(72)81(88)89)111-66-63(53-102-46-56-34-20-11-21-35-56)109-87(80(106-50-60-42-28-15-29-43-60)71(66)104-48-58-38-24-13-25-39-58)113-73-69(95-4)78(98-7)85(115-75(73)82(90)91)110-65-62(52-101-45-55-32-18-10-19-33-55)107-83(99-8)79(105-49-59-40-26-14-27-41-59)70(65)103-47-57-36-22-12-23-37-57;;/h9-43,61-80,83-87H,44-53H2,1-8H3,(H,88,89)(H,90,91);;/q;2*+1/p-2/t61-,62-,63-,64-,65-,66-,67+,68+,69+,70+,71+,72+,73+,74+,75-,76-,77-,78-,79-,80-,83+,84-,85-,86-,87-;;/m1../s1. The second-order valence-electron chi connectivity index (χ2n) is 28.2. The normalized spacial score (nSPS) is 31.1. The van der Waals surface area contributed by atoms with Crippen molar-refractivity contribution in [1.29, 1.82) is 0 Å². The summed E-state index contributed by atoms with van der Waals surface area (Å²) in [5.74, 6) is -3.47. The average Bonchev–Trinajstić information content (AvgIpc) is 0.761. The molecule has 5 fully saturated rings. The van der Waals surface area contributed by atoms with Gasteiger partial charge >= 0.3 is 59.1 Å². The van der Waals surface area contributed by atoms with Crippen LogP contribution in [0.15, 0.2) is 212 Å². The molecule has 0 spiro atoms. The van der Waals surface area contributed by atoms with E-state index in [0.29, 0.717) is 11.1 Å². The third-order valence-corrected chi connectivity index (χ3v) is 20.9. The smallest absolute Gasteiger partial charge is 0.547 e. The zero-order valence-corrected chi connectivity index (χ0v) is 71.6. The molecule has 0 radical (unpaired) electrons. The zero-order valence-electron chi connectivity index (χ0n) is 67.6. The van der Waals surface area contributed by atoms with Gasteiger partial charge in [-0.15, -0.1) is 0 Å². The van der Waals surface area contributed by atoms with E-state index in [-0.39, 0.29) is 125 Å². The molecule has 0 unspecified atom stereocenters. The Bertz CT molecular complexity index is 3920. The van der Waals surface area contributed by atoms with Gasteiger partial charge in [-0.25, -0.2) is 0 Å². The van der Waals surface area contributed by atoms with Crippen LogP contribution in [0.2, 0.25) is 0 Å². The minimum Gasteiger partial charge on any atom is -0.547 e. The summed E-state index contributed by atoms with van der Waals surface area (Å²) in [7, 11) is 11.4. The van der Waals surface area contributed by atoms with Gasteiger partial charge in [-0.1, -0.05) is 212 Å². The Morgan fingerprint density at radius 3 is 0.744 bits per heavy atom. The maximum Gasteiger partial charge on any atom is 1.00 e. The number of hydrogen-bond donors (Lipinski definition) is 0. The molecule has 0 N–H and O–H groups in total. The molecule has 0 aromatic heterocycles. The number of hydrogen-bond acceptors (Lipinski definition) is 28. The first-order chi connectivity index (χ1) is 56.3. The van der Waals surface area contributed by atoms with Gasteiger partial charge in [-0.05, 0) is 38.9 Å². The van der Waals surface area contributed by atoms with Gasteiger partial charge in [0.2, 0.25) is 0 Å². The molecule has 25 atom stereocenters. The molecule has 0 amide bonds. The van der Waals surface area contributed by atoms with Crippen LogP contribution in [0.4, 0.5) is 0 Å². The molecular weight excluding hydrogens is 1540 g/mol. The number of carboxylic acids is 2. The van der Waals surface area contributed by atoms with Crippen molar-refractivity contribution in [3.63, 3.8) is 0 Å². The van der Waals surface area contributed by atoms with Gasteiger partial charge in [0.15, 0.2) is 31.5 Å². The van der Waals surface area contributed by atoms with Gasteiger partial charge < -0.3 is 133 Å². The first kappa shape index (κ1) is 93.8. The fraction of sp³-hybridized carbons (Fsp3) is 0.494. The maximum absolute atomic E-state index is 14.3. The number of ether oxygens (including phenoxy) is 24. The first-order valence-electron chi connectivity index (χ1n) is 38.4. The van der Waals surface area contributed by atoms with E-state index in [9.17, 15) is 19.8 Å². The number of rotatable bonds is 42. The molecule has 5 heterocycles. The number of carbonyl (C=O) groups excluding carboxylic acids is 2. The van der Waals surface area contributed by atoms with Crippen LogP contribution in [-0.4, -0.2) is 242 Å². The van der Waals surface area contributed by atoms with Gasteiger partial charge in [0.05, 0.1) is 78.0 Å². The summed E-state index contributed by atoms with van der Waals surface area (Å²) in [6.07, 6.45) is -33.4. The van der Waals surface area contributed by atoms with Crippen LogP contribution in [-0.2, 0) is 170 Å². The van der Waals surface area contributed by atoms with Crippen molar-refractivity contribution in [3.05, 3.63) is 251 Å². The average molecular weight is 1640 g/mol. The molecule has 28 nitrogen and oxygen atoms in total. The molecule has 7 aromatic rings. The van der Waals surface area contributed by atoms with Gasteiger partial charge in [-0.2, -0.15) is 0 Å². The van der Waals surface area contributed by atoms with E-state index in [0.717, 1.165) is 27.8 Å². The summed E-state index contributed by atoms with van der Waals surface area (Å²) in [5.41, 5.74) is 5.66. The summed E-state index contributed by atoms with van der Waals surface area (Å²) in [5, 5.41) is 28.3. The predicted octanol–water partition coefficient (Wildman–Crippen LogP) is 0.403. The zero-order chi connectivity index (χ0) is 80.4. The molecule has 0 aliphatic carbocycles. The molecule has 0 bridgehead atoms.